The average Bonchev–Trinajstić information content (AvgIpc) is 2.92. The van der Waals surface area contributed by atoms with Gasteiger partial charge in [-0.1, -0.05) is 41.9 Å². The van der Waals surface area contributed by atoms with Crippen LogP contribution in [0.4, 0.5) is 0 Å². The van der Waals surface area contributed by atoms with E-state index in [0.717, 1.165) is 19.4 Å². The van der Waals surface area contributed by atoms with Crippen molar-refractivity contribution in [3.05, 3.63) is 97.5 Å². The van der Waals surface area contributed by atoms with Crippen LogP contribution >= 0.6 is 11.6 Å². The van der Waals surface area contributed by atoms with E-state index in [2.05, 4.69) is 0 Å². The molecule has 0 aliphatic carbocycles. The highest BCUT2D eigenvalue weighted by Gasteiger charge is 2.33. The number of halogens is 1. The lowest BCUT2D eigenvalue weighted by atomic mass is 9.86. The number of carbonyl (C=O) groups excluding carboxylic acids is 1. The Labute approximate surface area is 218 Å². The molecule has 1 unspecified atom stereocenters. The molecule has 0 bridgehead atoms. The molecule has 0 radical (unpaired) electrons. The number of esters is 1. The monoisotopic (exact) mass is 534 g/mol. The van der Waals surface area contributed by atoms with Gasteiger partial charge in [0.2, 0.25) is 5.75 Å². The standard InChI is InChI=1S/C28H19ClO9/c1-36-21(31)10-15(17-12-37-19-8-7-14(29)9-16(19)24(17)32)22-25(33)27(35)26(34)23-18(30)11-20(38-28(22)23)13-5-3-2-4-6-13/h2-9,11-12,15,33-35H,10H2,1H3. The Bertz CT molecular complexity index is 1840. The molecule has 5 aromatic rings. The van der Waals surface area contributed by atoms with Gasteiger partial charge in [-0.2, -0.15) is 0 Å². The first kappa shape index (κ1) is 24.9. The van der Waals surface area contributed by atoms with Crippen molar-refractivity contribution in [3.63, 3.8) is 0 Å². The number of rotatable bonds is 5. The van der Waals surface area contributed by atoms with Crippen molar-refractivity contribution >= 4 is 39.5 Å². The second kappa shape index (κ2) is 9.60. The Kier molecular flexibility index (Phi) is 6.30. The van der Waals surface area contributed by atoms with E-state index in [1.165, 1.54) is 18.2 Å². The lowest BCUT2D eigenvalue weighted by Crippen LogP contribution is -2.19. The van der Waals surface area contributed by atoms with Gasteiger partial charge in [-0.15, -0.1) is 0 Å². The van der Waals surface area contributed by atoms with E-state index in [1.807, 2.05) is 0 Å². The third-order valence-electron chi connectivity index (χ3n) is 6.27. The maximum atomic E-state index is 13.6. The molecular formula is C28H19ClO9. The topological polar surface area (TPSA) is 147 Å². The second-order valence-electron chi connectivity index (χ2n) is 8.50. The molecule has 5 rings (SSSR count). The Morgan fingerprint density at radius 2 is 1.74 bits per heavy atom. The zero-order valence-corrected chi connectivity index (χ0v) is 20.5. The van der Waals surface area contributed by atoms with Crippen molar-refractivity contribution in [1.82, 2.24) is 0 Å². The van der Waals surface area contributed by atoms with Gasteiger partial charge in [-0.25, -0.2) is 0 Å². The molecular weight excluding hydrogens is 516 g/mol. The van der Waals surface area contributed by atoms with Crippen LogP contribution in [-0.4, -0.2) is 28.4 Å². The lowest BCUT2D eigenvalue weighted by molar-refractivity contribution is -0.140. The van der Waals surface area contributed by atoms with E-state index in [4.69, 9.17) is 25.2 Å². The van der Waals surface area contributed by atoms with Crippen LogP contribution in [0.1, 0.15) is 23.5 Å². The number of methoxy groups -OCH3 is 1. The number of hydrogen-bond donors (Lipinski definition) is 3. The van der Waals surface area contributed by atoms with Crippen molar-refractivity contribution in [1.29, 1.82) is 0 Å². The average molecular weight is 535 g/mol. The Hall–Kier alpha value is -4.76. The van der Waals surface area contributed by atoms with E-state index in [-0.39, 0.29) is 38.5 Å². The summed E-state index contributed by atoms with van der Waals surface area (Å²) in [6.45, 7) is 0. The number of phenolic OH excluding ortho intramolecular Hbond substituents is 3. The SMILES string of the molecule is COC(=O)CC(c1coc2ccc(Cl)cc2c1=O)c1c(O)c(O)c(O)c2c(=O)cc(-c3ccccc3)oc12. The first-order chi connectivity index (χ1) is 18.2. The van der Waals surface area contributed by atoms with Crippen LogP contribution in [0.5, 0.6) is 17.2 Å². The highest BCUT2D eigenvalue weighted by atomic mass is 35.5. The molecule has 0 amide bonds. The maximum Gasteiger partial charge on any atom is 0.306 e. The van der Waals surface area contributed by atoms with Crippen molar-refractivity contribution in [2.45, 2.75) is 12.3 Å². The molecule has 0 saturated heterocycles. The molecule has 0 aliphatic heterocycles. The first-order valence-corrected chi connectivity index (χ1v) is 11.7. The minimum Gasteiger partial charge on any atom is -0.504 e. The van der Waals surface area contributed by atoms with Gasteiger partial charge in [0.05, 0.1) is 25.2 Å². The summed E-state index contributed by atoms with van der Waals surface area (Å²) in [7, 11) is 1.14. The molecule has 192 valence electrons. The third kappa shape index (κ3) is 4.12. The summed E-state index contributed by atoms with van der Waals surface area (Å²) < 4.78 is 16.4. The molecule has 0 saturated carbocycles. The fourth-order valence-corrected chi connectivity index (χ4v) is 4.59. The Balaban J connectivity index is 1.89. The van der Waals surface area contributed by atoms with Gasteiger partial charge < -0.3 is 28.9 Å². The van der Waals surface area contributed by atoms with Crippen molar-refractivity contribution in [2.75, 3.05) is 7.11 Å². The number of hydrogen-bond acceptors (Lipinski definition) is 9. The van der Waals surface area contributed by atoms with Crippen molar-refractivity contribution < 1.29 is 33.7 Å². The van der Waals surface area contributed by atoms with Crippen LogP contribution in [0.2, 0.25) is 5.02 Å². The third-order valence-corrected chi connectivity index (χ3v) is 6.51. The molecule has 2 heterocycles. The van der Waals surface area contributed by atoms with Gasteiger partial charge in [0.25, 0.3) is 0 Å². The van der Waals surface area contributed by atoms with E-state index in [0.29, 0.717) is 5.56 Å². The van der Waals surface area contributed by atoms with Crippen LogP contribution in [0.25, 0.3) is 33.3 Å². The fourth-order valence-electron chi connectivity index (χ4n) is 4.42. The number of benzene rings is 3. The predicted octanol–water partition coefficient (Wildman–Crippen LogP) is 5.03. The van der Waals surface area contributed by atoms with Crippen molar-refractivity contribution in [2.24, 2.45) is 0 Å². The number of phenols is 3. The minimum atomic E-state index is -1.33. The molecule has 1 atom stereocenters. The normalized spacial score (nSPS) is 12.1. The van der Waals surface area contributed by atoms with Gasteiger partial charge >= 0.3 is 5.97 Å². The molecule has 0 aliphatic rings. The van der Waals surface area contributed by atoms with Gasteiger partial charge in [-0.05, 0) is 18.2 Å². The van der Waals surface area contributed by atoms with Gasteiger partial charge in [-0.3, -0.25) is 14.4 Å². The number of carbonyl (C=O) groups is 1. The molecule has 38 heavy (non-hydrogen) atoms. The number of fused-ring (bicyclic) bond motifs is 2. The highest BCUT2D eigenvalue weighted by Crippen LogP contribution is 2.49. The first-order valence-electron chi connectivity index (χ1n) is 11.3. The van der Waals surface area contributed by atoms with E-state index in [9.17, 15) is 29.7 Å². The zero-order chi connectivity index (χ0) is 27.1. The molecule has 3 aromatic carbocycles. The zero-order valence-electron chi connectivity index (χ0n) is 19.7. The van der Waals surface area contributed by atoms with Crippen LogP contribution in [0.15, 0.2) is 79.3 Å². The fraction of sp³-hybridized carbons (Fsp3) is 0.107. The Morgan fingerprint density at radius 3 is 2.45 bits per heavy atom. The summed E-state index contributed by atoms with van der Waals surface area (Å²) in [5, 5.41) is 32.0. The van der Waals surface area contributed by atoms with Crippen molar-refractivity contribution in [3.8, 4) is 28.6 Å². The summed E-state index contributed by atoms with van der Waals surface area (Å²) >= 11 is 6.08. The Morgan fingerprint density at radius 1 is 1.00 bits per heavy atom. The largest absolute Gasteiger partial charge is 0.504 e. The predicted molar refractivity (Wildman–Crippen MR) is 139 cm³/mol. The quantitative estimate of drug-likeness (QED) is 0.208. The summed E-state index contributed by atoms with van der Waals surface area (Å²) in [6.07, 6.45) is 0.597. The number of aromatic hydroxyl groups is 3. The molecule has 9 nitrogen and oxygen atoms in total. The molecule has 3 N–H and O–H groups in total. The van der Waals surface area contributed by atoms with Gasteiger partial charge in [0.15, 0.2) is 22.4 Å². The van der Waals surface area contributed by atoms with E-state index in [1.54, 1.807) is 30.3 Å². The molecule has 2 aromatic heterocycles. The maximum absolute atomic E-state index is 13.6. The summed E-state index contributed by atoms with van der Waals surface area (Å²) in [5.74, 6) is -4.84. The van der Waals surface area contributed by atoms with Gasteiger partial charge in [0.1, 0.15) is 22.3 Å². The molecule has 10 heteroatoms. The molecule has 0 fully saturated rings. The smallest absolute Gasteiger partial charge is 0.306 e. The minimum absolute atomic E-state index is 0.0861. The second-order valence-corrected chi connectivity index (χ2v) is 8.93. The molecule has 0 spiro atoms. The van der Waals surface area contributed by atoms with E-state index >= 15 is 0 Å². The van der Waals surface area contributed by atoms with Crippen LogP contribution in [0.3, 0.4) is 0 Å². The van der Waals surface area contributed by atoms with Crippen LogP contribution in [0, 0.1) is 0 Å². The van der Waals surface area contributed by atoms with Gasteiger partial charge in [0, 0.05) is 33.7 Å². The number of ether oxygens (including phenoxy) is 1. The van der Waals surface area contributed by atoms with Crippen LogP contribution in [-0.2, 0) is 9.53 Å². The van der Waals surface area contributed by atoms with E-state index < -0.39 is 51.8 Å². The van der Waals surface area contributed by atoms with Crippen LogP contribution < -0.4 is 10.9 Å². The lowest BCUT2D eigenvalue weighted by Gasteiger charge is -2.20. The highest BCUT2D eigenvalue weighted by molar-refractivity contribution is 6.31. The summed E-state index contributed by atoms with van der Waals surface area (Å²) in [4.78, 5) is 39.2. The summed E-state index contributed by atoms with van der Waals surface area (Å²) in [6, 6.07) is 14.1. The summed E-state index contributed by atoms with van der Waals surface area (Å²) in [5.41, 5.74) is -1.31.